The average Bonchev–Trinajstić information content (AvgIpc) is 3.15. The number of hydrogen-bond donors (Lipinski definition) is 8. The van der Waals surface area contributed by atoms with Crippen molar-refractivity contribution in [3.05, 3.63) is 0 Å². The van der Waals surface area contributed by atoms with Gasteiger partial charge >= 0.3 is 5.97 Å². The molecule has 0 radical (unpaired) electrons. The van der Waals surface area contributed by atoms with Gasteiger partial charge in [0, 0.05) is 38.1 Å². The van der Waals surface area contributed by atoms with Gasteiger partial charge in [0.15, 0.2) is 0 Å². The molecule has 0 bridgehead atoms. The molecule has 3 aliphatic rings. The van der Waals surface area contributed by atoms with Crippen LogP contribution in [0.25, 0.3) is 0 Å². The van der Waals surface area contributed by atoms with Gasteiger partial charge in [-0.2, -0.15) is 0 Å². The summed E-state index contributed by atoms with van der Waals surface area (Å²) in [5.74, 6) is -2.38. The zero-order valence-corrected chi connectivity index (χ0v) is 37.2. The first kappa shape index (κ1) is 50.3. The number of cyclic esters (lactones) is 1. The number of methoxy groups -OCH3 is 1. The minimum absolute atomic E-state index is 0.0144. The molecule has 0 saturated carbocycles. The summed E-state index contributed by atoms with van der Waals surface area (Å²) in [4.78, 5) is 14.2. The SMILES string of the molecule is CCCNC[C@]1(O)[C@H](C)O[C@@H](CO[C@H]2[C@H](C)[C@@H](OC[C@@H]3O[C@H](C)C[C@H](NC)[C@H]3O)[C@](C)(O)C[C@@H](C)CN[C@H](C)[C@@H](O)[C@](C)(O)[C@@H](CC)OC(=O)[C@@H]2C)C[C@@]1(C)OC. The number of ether oxygens (including phenoxy) is 6. The second-order valence-corrected chi connectivity index (χ2v) is 18.3. The second kappa shape index (κ2) is 21.2. The molecule has 8 N–H and O–H groups in total. The Hall–Kier alpha value is -1.05. The topological polar surface area (TPSA) is 210 Å². The summed E-state index contributed by atoms with van der Waals surface area (Å²) in [6, 6.07) is -0.783. The Morgan fingerprint density at radius 3 is 2.21 bits per heavy atom. The van der Waals surface area contributed by atoms with Crippen molar-refractivity contribution in [2.24, 2.45) is 17.8 Å². The lowest BCUT2D eigenvalue weighted by Gasteiger charge is -2.53. The normalized spacial score (nSPS) is 47.2. The van der Waals surface area contributed by atoms with Gasteiger partial charge in [0.25, 0.3) is 0 Å². The third-order valence-electron chi connectivity index (χ3n) is 13.3. The highest BCUT2D eigenvalue weighted by Gasteiger charge is 2.57. The molecule has 15 nitrogen and oxygen atoms in total. The molecule has 3 fully saturated rings. The molecule has 3 saturated heterocycles. The van der Waals surface area contributed by atoms with E-state index in [-0.39, 0.29) is 50.7 Å². The number of aliphatic hydroxyl groups excluding tert-OH is 2. The monoisotopic (exact) mass is 820 g/mol. The van der Waals surface area contributed by atoms with Crippen LogP contribution in [0, 0.1) is 17.8 Å². The lowest BCUT2D eigenvalue weighted by molar-refractivity contribution is -0.278. The molecule has 0 unspecified atom stereocenters. The fourth-order valence-electron chi connectivity index (χ4n) is 9.58. The van der Waals surface area contributed by atoms with E-state index >= 15 is 0 Å². The molecule has 57 heavy (non-hydrogen) atoms. The van der Waals surface area contributed by atoms with Crippen molar-refractivity contribution in [3.8, 4) is 0 Å². The van der Waals surface area contributed by atoms with Crippen LogP contribution >= 0.6 is 0 Å². The Morgan fingerprint density at radius 1 is 0.947 bits per heavy atom. The summed E-state index contributed by atoms with van der Waals surface area (Å²) in [5, 5.41) is 68.4. The van der Waals surface area contributed by atoms with Crippen molar-refractivity contribution in [1.29, 1.82) is 0 Å². The zero-order chi connectivity index (χ0) is 43.1. The molecule has 15 heteroatoms. The minimum Gasteiger partial charge on any atom is -0.459 e. The van der Waals surface area contributed by atoms with Crippen LogP contribution in [-0.2, 0) is 33.2 Å². The summed E-state index contributed by atoms with van der Waals surface area (Å²) in [5.41, 5.74) is -5.61. The van der Waals surface area contributed by atoms with E-state index in [0.717, 1.165) is 13.0 Å². The van der Waals surface area contributed by atoms with Crippen LogP contribution in [0.2, 0.25) is 0 Å². The smallest absolute Gasteiger partial charge is 0.311 e. The van der Waals surface area contributed by atoms with E-state index in [0.29, 0.717) is 19.4 Å². The first-order valence-electron chi connectivity index (χ1n) is 21.5. The Bertz CT molecular complexity index is 1230. The summed E-state index contributed by atoms with van der Waals surface area (Å²) < 4.78 is 38.0. The standard InChI is InChI=1S/C42H81N3O12/c1-14-16-44-23-42(51)29(8)56-30(19-40(42,10)52-13)21-53-35-26(5)37(54-22-32-34(46)31(43-12)17-25(4)55-32)39(9,49)18-24(3)20-45-28(7)36(47)41(11,50)33(15-2)57-38(48)27(35)6/h24-37,43-47,49-51H,14-23H2,1-13H3/t24-,25-,26+,27-,28-,29+,30-,31+,32+,33-,34-,35+,36-,37-,39-,40-,41-,42+/m1/s1. The Labute approximate surface area is 342 Å². The van der Waals surface area contributed by atoms with E-state index in [1.165, 1.54) is 6.92 Å². The molecule has 0 spiro atoms. The van der Waals surface area contributed by atoms with Gasteiger partial charge in [-0.1, -0.05) is 27.7 Å². The maximum atomic E-state index is 14.2. The number of carbonyl (C=O) groups excluding carboxylic acids is 1. The fraction of sp³-hybridized carbons (Fsp3) is 0.976. The summed E-state index contributed by atoms with van der Waals surface area (Å²) >= 11 is 0. The molecule has 18 atom stereocenters. The van der Waals surface area contributed by atoms with Crippen molar-refractivity contribution in [2.45, 2.75) is 198 Å². The maximum Gasteiger partial charge on any atom is 0.311 e. The van der Waals surface area contributed by atoms with Gasteiger partial charge in [-0.15, -0.1) is 0 Å². The van der Waals surface area contributed by atoms with Crippen molar-refractivity contribution >= 4 is 5.97 Å². The molecular weight excluding hydrogens is 738 g/mol. The predicted molar refractivity (Wildman–Crippen MR) is 217 cm³/mol. The molecule has 3 aliphatic heterocycles. The highest BCUT2D eigenvalue weighted by Crippen LogP contribution is 2.41. The second-order valence-electron chi connectivity index (χ2n) is 18.3. The molecule has 0 aromatic rings. The maximum absolute atomic E-state index is 14.2. The highest BCUT2D eigenvalue weighted by molar-refractivity contribution is 5.73. The van der Waals surface area contributed by atoms with Gasteiger partial charge < -0.3 is 69.9 Å². The largest absolute Gasteiger partial charge is 0.459 e. The van der Waals surface area contributed by atoms with E-state index in [1.54, 1.807) is 41.9 Å². The fourth-order valence-corrected chi connectivity index (χ4v) is 9.58. The zero-order valence-electron chi connectivity index (χ0n) is 37.2. The van der Waals surface area contributed by atoms with Crippen LogP contribution in [0.5, 0.6) is 0 Å². The Balaban J connectivity index is 2.05. The molecule has 3 rings (SSSR count). The minimum atomic E-state index is -1.79. The predicted octanol–water partition coefficient (Wildman–Crippen LogP) is 1.67. The van der Waals surface area contributed by atoms with Crippen LogP contribution in [0.1, 0.15) is 108 Å². The first-order chi connectivity index (χ1) is 26.5. The van der Waals surface area contributed by atoms with Crippen molar-refractivity contribution < 1.29 is 58.7 Å². The number of nitrogens with one attached hydrogen (secondary N) is 3. The van der Waals surface area contributed by atoms with Gasteiger partial charge in [0.1, 0.15) is 29.5 Å². The molecule has 0 amide bonds. The van der Waals surface area contributed by atoms with Crippen molar-refractivity contribution in [3.63, 3.8) is 0 Å². The van der Waals surface area contributed by atoms with Gasteiger partial charge in [0.05, 0.1) is 67.0 Å². The quantitative estimate of drug-likeness (QED) is 0.0983. The van der Waals surface area contributed by atoms with Crippen molar-refractivity contribution in [1.82, 2.24) is 16.0 Å². The van der Waals surface area contributed by atoms with E-state index in [9.17, 15) is 30.3 Å². The van der Waals surface area contributed by atoms with E-state index in [2.05, 4.69) is 22.9 Å². The van der Waals surface area contributed by atoms with Gasteiger partial charge in [-0.25, -0.2) is 0 Å². The number of hydrogen-bond acceptors (Lipinski definition) is 15. The van der Waals surface area contributed by atoms with Gasteiger partial charge in [0.2, 0.25) is 0 Å². The molecule has 336 valence electrons. The number of rotatable bonds is 13. The number of esters is 1. The Morgan fingerprint density at radius 2 is 1.61 bits per heavy atom. The first-order valence-corrected chi connectivity index (χ1v) is 21.5. The number of likely N-dealkylation sites (N-methyl/N-ethyl adjacent to an activating group) is 1. The number of carbonyl (C=O) groups is 1. The summed E-state index contributed by atoms with van der Waals surface area (Å²) in [6.07, 6.45) is -4.71. The lowest BCUT2D eigenvalue weighted by atomic mass is 9.74. The Kier molecular flexibility index (Phi) is 18.7. The highest BCUT2D eigenvalue weighted by atomic mass is 16.6. The van der Waals surface area contributed by atoms with E-state index in [4.69, 9.17) is 28.4 Å². The van der Waals surface area contributed by atoms with Crippen molar-refractivity contribution in [2.75, 3.05) is 47.0 Å². The summed E-state index contributed by atoms with van der Waals surface area (Å²) in [7, 11) is 3.37. The molecule has 0 aliphatic carbocycles. The summed E-state index contributed by atoms with van der Waals surface area (Å²) in [6.45, 7) is 21.3. The molecule has 0 aromatic heterocycles. The van der Waals surface area contributed by atoms with Crippen LogP contribution in [0.15, 0.2) is 0 Å². The lowest BCUT2D eigenvalue weighted by Crippen LogP contribution is -2.70. The number of aliphatic hydroxyl groups is 5. The van der Waals surface area contributed by atoms with E-state index in [1.807, 2.05) is 34.6 Å². The van der Waals surface area contributed by atoms with Crippen LogP contribution in [0.3, 0.4) is 0 Å². The molecule has 3 heterocycles. The van der Waals surface area contributed by atoms with E-state index < -0.39 is 95.1 Å². The average molecular weight is 820 g/mol. The molecular formula is C42H81N3O12. The van der Waals surface area contributed by atoms with Crippen LogP contribution in [0.4, 0.5) is 0 Å². The van der Waals surface area contributed by atoms with Gasteiger partial charge in [-0.05, 0) is 100 Å². The third kappa shape index (κ3) is 11.9. The third-order valence-corrected chi connectivity index (χ3v) is 13.3. The molecule has 0 aromatic carbocycles. The van der Waals surface area contributed by atoms with Gasteiger partial charge in [-0.3, -0.25) is 4.79 Å². The van der Waals surface area contributed by atoms with Crippen LogP contribution in [-0.4, -0.2) is 168 Å². The van der Waals surface area contributed by atoms with Crippen LogP contribution < -0.4 is 16.0 Å².